The Labute approximate surface area is 154 Å². The summed E-state index contributed by atoms with van der Waals surface area (Å²) >= 11 is 0. The van der Waals surface area contributed by atoms with Crippen LogP contribution in [0.25, 0.3) is 11.3 Å². The summed E-state index contributed by atoms with van der Waals surface area (Å²) in [5.74, 6) is -0.905. The van der Waals surface area contributed by atoms with Gasteiger partial charge in [-0.05, 0) is 31.0 Å². The lowest BCUT2D eigenvalue weighted by Gasteiger charge is -2.31. The molecule has 1 saturated heterocycles. The highest BCUT2D eigenvalue weighted by atomic mass is 19.1. The molecule has 0 aliphatic carbocycles. The van der Waals surface area contributed by atoms with E-state index in [4.69, 9.17) is 4.42 Å². The lowest BCUT2D eigenvalue weighted by Crippen LogP contribution is -2.39. The number of nitrogens with zero attached hydrogens (tertiary/aromatic N) is 3. The van der Waals surface area contributed by atoms with Crippen LogP contribution >= 0.6 is 0 Å². The average Bonchev–Trinajstić information content (AvgIpc) is 3.18. The van der Waals surface area contributed by atoms with Crippen LogP contribution in [0, 0.1) is 11.8 Å². The average molecular weight is 369 g/mol. The number of rotatable bonds is 3. The fourth-order valence-corrected chi connectivity index (χ4v) is 3.35. The number of hydrogen-bond donors (Lipinski definition) is 0. The number of carbonyl (C=O) groups excluding carboxylic acids is 1. The maximum Gasteiger partial charge on any atom is 0.254 e. The van der Waals surface area contributed by atoms with Crippen molar-refractivity contribution in [3.63, 3.8) is 0 Å². The molecule has 27 heavy (non-hydrogen) atoms. The van der Waals surface area contributed by atoms with Crippen LogP contribution in [-0.2, 0) is 0 Å². The van der Waals surface area contributed by atoms with Gasteiger partial charge in [0, 0.05) is 36.5 Å². The predicted octanol–water partition coefficient (Wildman–Crippen LogP) is 4.03. The summed E-state index contributed by atoms with van der Waals surface area (Å²) in [4.78, 5) is 22.2. The second kappa shape index (κ2) is 7.26. The van der Waals surface area contributed by atoms with E-state index in [1.54, 1.807) is 23.1 Å². The van der Waals surface area contributed by atoms with Crippen molar-refractivity contribution >= 4 is 5.91 Å². The molecule has 5 nitrogen and oxygen atoms in total. The van der Waals surface area contributed by atoms with Gasteiger partial charge in [0.05, 0.1) is 5.92 Å². The molecular formula is C20H17F2N3O2. The fraction of sp³-hybridized carbons (Fsp3) is 0.250. The third kappa shape index (κ3) is 3.58. The molecule has 1 amide bonds. The Balaban J connectivity index is 1.52. The maximum atomic E-state index is 13.9. The number of likely N-dealkylation sites (tertiary alicyclic amines) is 1. The summed E-state index contributed by atoms with van der Waals surface area (Å²) in [7, 11) is 0. The van der Waals surface area contributed by atoms with Gasteiger partial charge in [-0.2, -0.15) is 4.39 Å². The van der Waals surface area contributed by atoms with Gasteiger partial charge in [0.2, 0.25) is 5.95 Å². The van der Waals surface area contributed by atoms with E-state index in [1.165, 1.54) is 24.6 Å². The van der Waals surface area contributed by atoms with Gasteiger partial charge in [-0.15, -0.1) is 0 Å². The number of piperidine rings is 1. The van der Waals surface area contributed by atoms with Gasteiger partial charge < -0.3 is 9.32 Å². The van der Waals surface area contributed by atoms with E-state index in [1.807, 2.05) is 0 Å². The Hall–Kier alpha value is -3.09. The topological polar surface area (TPSA) is 59.2 Å². The van der Waals surface area contributed by atoms with Crippen LogP contribution in [0.4, 0.5) is 8.78 Å². The van der Waals surface area contributed by atoms with Gasteiger partial charge in [-0.25, -0.2) is 14.4 Å². The van der Waals surface area contributed by atoms with Crippen LogP contribution in [0.5, 0.6) is 0 Å². The van der Waals surface area contributed by atoms with Crippen molar-refractivity contribution in [2.24, 2.45) is 0 Å². The summed E-state index contributed by atoms with van der Waals surface area (Å²) in [6, 6.07) is 9.00. The molecule has 1 aliphatic heterocycles. The molecule has 2 aromatic heterocycles. The van der Waals surface area contributed by atoms with Crippen LogP contribution < -0.4 is 0 Å². The van der Waals surface area contributed by atoms with Crippen LogP contribution in [0.1, 0.15) is 35.0 Å². The summed E-state index contributed by atoms with van der Waals surface area (Å²) in [5.41, 5.74) is 1.08. The van der Waals surface area contributed by atoms with Gasteiger partial charge in [0.15, 0.2) is 5.89 Å². The van der Waals surface area contributed by atoms with Crippen molar-refractivity contribution in [3.8, 4) is 11.3 Å². The molecule has 4 rings (SSSR count). The maximum absolute atomic E-state index is 13.9. The highest BCUT2D eigenvalue weighted by molar-refractivity contribution is 5.94. The number of amides is 1. The minimum Gasteiger partial charge on any atom is -0.448 e. The van der Waals surface area contributed by atoms with E-state index in [-0.39, 0.29) is 23.2 Å². The first-order valence-electron chi connectivity index (χ1n) is 8.73. The van der Waals surface area contributed by atoms with Gasteiger partial charge in [-0.3, -0.25) is 4.79 Å². The molecular weight excluding hydrogens is 352 g/mol. The van der Waals surface area contributed by atoms with Gasteiger partial charge in [0.1, 0.15) is 17.8 Å². The summed E-state index contributed by atoms with van der Waals surface area (Å²) < 4.78 is 32.8. The number of carbonyl (C=O) groups is 1. The number of halogens is 2. The standard InChI is InChI=1S/C20H17F2N3O2/c21-16-6-2-1-5-15(16)17-12-27-19(24-17)14-4-3-9-25(11-14)20(26)13-7-8-23-18(22)10-13/h1-2,5-8,10,12,14H,3-4,9,11H2/t14-/m0/s1. The zero-order valence-electron chi connectivity index (χ0n) is 14.4. The van der Waals surface area contributed by atoms with Crippen LogP contribution in [-0.4, -0.2) is 33.9 Å². The largest absolute Gasteiger partial charge is 0.448 e. The van der Waals surface area contributed by atoms with Crippen molar-refractivity contribution in [2.45, 2.75) is 18.8 Å². The molecule has 1 aliphatic rings. The van der Waals surface area contributed by atoms with Crippen LogP contribution in [0.15, 0.2) is 53.3 Å². The SMILES string of the molecule is O=C(c1ccnc(F)c1)N1CCC[C@H](c2nc(-c3ccccc3F)co2)C1. The molecule has 0 bridgehead atoms. The number of pyridine rings is 1. The molecule has 3 heterocycles. The van der Waals surface area contributed by atoms with E-state index < -0.39 is 5.95 Å². The van der Waals surface area contributed by atoms with E-state index in [0.29, 0.717) is 30.2 Å². The number of benzene rings is 1. The summed E-state index contributed by atoms with van der Waals surface area (Å²) in [6.07, 6.45) is 4.30. The first kappa shape index (κ1) is 17.3. The number of aromatic nitrogens is 2. The molecule has 1 atom stereocenters. The normalized spacial score (nSPS) is 17.1. The molecule has 7 heteroatoms. The molecule has 1 fully saturated rings. The van der Waals surface area contributed by atoms with Gasteiger partial charge in [0.25, 0.3) is 5.91 Å². The highest BCUT2D eigenvalue weighted by Gasteiger charge is 2.29. The Bertz CT molecular complexity index is 973. The summed E-state index contributed by atoms with van der Waals surface area (Å²) in [5, 5.41) is 0. The fourth-order valence-electron chi connectivity index (χ4n) is 3.35. The zero-order chi connectivity index (χ0) is 18.8. The highest BCUT2D eigenvalue weighted by Crippen LogP contribution is 2.30. The first-order valence-corrected chi connectivity index (χ1v) is 8.73. The van der Waals surface area contributed by atoms with Crippen molar-refractivity contribution < 1.29 is 18.0 Å². The van der Waals surface area contributed by atoms with E-state index in [9.17, 15) is 13.6 Å². The van der Waals surface area contributed by atoms with Crippen molar-refractivity contribution in [1.82, 2.24) is 14.9 Å². The molecule has 0 N–H and O–H groups in total. The van der Waals surface area contributed by atoms with Crippen molar-refractivity contribution in [3.05, 3.63) is 72.1 Å². The quantitative estimate of drug-likeness (QED) is 0.654. The van der Waals surface area contributed by atoms with E-state index in [2.05, 4.69) is 9.97 Å². The molecule has 0 radical (unpaired) electrons. The molecule has 1 aromatic carbocycles. The molecule has 0 spiro atoms. The monoisotopic (exact) mass is 369 g/mol. The zero-order valence-corrected chi connectivity index (χ0v) is 14.4. The molecule has 0 saturated carbocycles. The molecule has 0 unspecified atom stereocenters. The predicted molar refractivity (Wildman–Crippen MR) is 94.0 cm³/mol. The van der Waals surface area contributed by atoms with Crippen molar-refractivity contribution in [2.75, 3.05) is 13.1 Å². The van der Waals surface area contributed by atoms with Crippen molar-refractivity contribution in [1.29, 1.82) is 0 Å². The smallest absolute Gasteiger partial charge is 0.254 e. The minimum absolute atomic E-state index is 0.0880. The molecule has 3 aromatic rings. The Morgan fingerprint density at radius 1 is 1.22 bits per heavy atom. The minimum atomic E-state index is -0.684. The first-order chi connectivity index (χ1) is 13.1. The summed E-state index contributed by atoms with van der Waals surface area (Å²) in [6.45, 7) is 1.00. The molecule has 138 valence electrons. The third-order valence-corrected chi connectivity index (χ3v) is 4.70. The van der Waals surface area contributed by atoms with Crippen LogP contribution in [0.2, 0.25) is 0 Å². The van der Waals surface area contributed by atoms with E-state index in [0.717, 1.165) is 18.9 Å². The Kier molecular flexibility index (Phi) is 4.66. The lowest BCUT2D eigenvalue weighted by molar-refractivity contribution is 0.0697. The number of oxazole rings is 1. The van der Waals surface area contributed by atoms with Gasteiger partial charge >= 0.3 is 0 Å². The Morgan fingerprint density at radius 3 is 2.89 bits per heavy atom. The second-order valence-corrected chi connectivity index (χ2v) is 6.51. The Morgan fingerprint density at radius 2 is 2.07 bits per heavy atom. The second-order valence-electron chi connectivity index (χ2n) is 6.51. The number of hydrogen-bond acceptors (Lipinski definition) is 4. The third-order valence-electron chi connectivity index (χ3n) is 4.70. The van der Waals surface area contributed by atoms with E-state index >= 15 is 0 Å². The lowest BCUT2D eigenvalue weighted by atomic mass is 9.97. The van der Waals surface area contributed by atoms with Gasteiger partial charge in [-0.1, -0.05) is 12.1 Å². The van der Waals surface area contributed by atoms with Crippen LogP contribution in [0.3, 0.4) is 0 Å².